The Kier molecular flexibility index (Phi) is 2.58. The first kappa shape index (κ1) is 9.17. The van der Waals surface area contributed by atoms with Crippen molar-refractivity contribution in [1.82, 2.24) is 16.1 Å². The zero-order chi connectivity index (χ0) is 9.84. The molecule has 0 unspecified atom stereocenters. The fraction of sp³-hybridized carbons (Fsp3) is 0.333. The van der Waals surface area contributed by atoms with E-state index in [1.165, 1.54) is 7.11 Å². The van der Waals surface area contributed by atoms with Crippen LogP contribution < -0.4 is 16.6 Å². The molecular formula is C6H11N5O2. The van der Waals surface area contributed by atoms with E-state index in [1.54, 1.807) is 13.0 Å². The van der Waals surface area contributed by atoms with Gasteiger partial charge in [0.25, 0.3) is 0 Å². The number of hydrogen-bond donors (Lipinski definition) is 3. The van der Waals surface area contributed by atoms with E-state index in [4.69, 9.17) is 10.5 Å². The molecule has 1 aliphatic rings. The zero-order valence-electron chi connectivity index (χ0n) is 7.37. The zero-order valence-corrected chi connectivity index (χ0v) is 7.37. The number of nitrogens with two attached hydrogens (primary N) is 1. The summed E-state index contributed by atoms with van der Waals surface area (Å²) in [5.74, 6) is 0.380. The molecule has 0 saturated heterocycles. The number of hydrazone groups is 1. The molecule has 4 N–H and O–H groups in total. The second kappa shape index (κ2) is 3.65. The van der Waals surface area contributed by atoms with Crippen LogP contribution in [0.3, 0.4) is 0 Å². The molecule has 1 rings (SSSR count). The Morgan fingerprint density at radius 3 is 3.08 bits per heavy atom. The van der Waals surface area contributed by atoms with Gasteiger partial charge in [0.05, 0.1) is 7.11 Å². The van der Waals surface area contributed by atoms with Gasteiger partial charge in [0, 0.05) is 11.8 Å². The molecule has 1 heterocycles. The molecule has 7 nitrogen and oxygen atoms in total. The lowest BCUT2D eigenvalue weighted by Crippen LogP contribution is -2.50. The lowest BCUT2D eigenvalue weighted by atomic mass is 10.4. The molecule has 0 atom stereocenters. The monoisotopic (exact) mass is 185 g/mol. The van der Waals surface area contributed by atoms with Crippen molar-refractivity contribution in [2.75, 3.05) is 7.11 Å². The minimum absolute atomic E-state index is 0.380. The third-order valence-electron chi connectivity index (χ3n) is 1.25. The van der Waals surface area contributed by atoms with E-state index >= 15 is 0 Å². The second-order valence-electron chi connectivity index (χ2n) is 2.37. The maximum absolute atomic E-state index is 10.5. The molecular weight excluding hydrogens is 174 g/mol. The van der Waals surface area contributed by atoms with Crippen LogP contribution in [0.1, 0.15) is 6.92 Å². The maximum atomic E-state index is 10.5. The summed E-state index contributed by atoms with van der Waals surface area (Å²) >= 11 is 0. The van der Waals surface area contributed by atoms with Gasteiger partial charge < -0.3 is 10.5 Å². The number of urea groups is 1. The minimum atomic E-state index is -0.707. The van der Waals surface area contributed by atoms with Crippen molar-refractivity contribution >= 4 is 11.9 Å². The minimum Gasteiger partial charge on any atom is -0.480 e. The fourth-order valence-electron chi connectivity index (χ4n) is 0.794. The summed E-state index contributed by atoms with van der Waals surface area (Å²) in [5.41, 5.74) is 10.6. The van der Waals surface area contributed by atoms with Gasteiger partial charge in [0.15, 0.2) is 0 Å². The molecule has 0 aromatic heterocycles. The number of amides is 2. The van der Waals surface area contributed by atoms with Crippen LogP contribution in [0.4, 0.5) is 4.79 Å². The fourth-order valence-corrected chi connectivity index (χ4v) is 0.794. The SMILES string of the molecule is COC1=NN(NC(N)=O)NC(C)=C1. The summed E-state index contributed by atoms with van der Waals surface area (Å²) in [4.78, 5) is 10.5. The van der Waals surface area contributed by atoms with Crippen LogP contribution >= 0.6 is 0 Å². The van der Waals surface area contributed by atoms with Gasteiger partial charge in [-0.3, -0.25) is 5.43 Å². The van der Waals surface area contributed by atoms with Gasteiger partial charge in [-0.1, -0.05) is 5.10 Å². The molecule has 0 bridgehead atoms. The van der Waals surface area contributed by atoms with Gasteiger partial charge in [0.2, 0.25) is 5.90 Å². The van der Waals surface area contributed by atoms with Crippen LogP contribution in [-0.4, -0.2) is 24.3 Å². The maximum Gasteiger partial charge on any atom is 0.333 e. The van der Waals surface area contributed by atoms with Crippen LogP contribution in [-0.2, 0) is 4.74 Å². The first-order valence-corrected chi connectivity index (χ1v) is 3.55. The van der Waals surface area contributed by atoms with Crippen LogP contribution in [0, 0.1) is 0 Å². The van der Waals surface area contributed by atoms with Gasteiger partial charge in [-0.05, 0) is 6.92 Å². The second-order valence-corrected chi connectivity index (χ2v) is 2.37. The molecule has 0 spiro atoms. The van der Waals surface area contributed by atoms with Gasteiger partial charge in [-0.2, -0.15) is 0 Å². The number of nitrogens with one attached hydrogen (secondary N) is 2. The largest absolute Gasteiger partial charge is 0.480 e. The summed E-state index contributed by atoms with van der Waals surface area (Å²) in [6.45, 7) is 1.80. The summed E-state index contributed by atoms with van der Waals surface area (Å²) in [7, 11) is 1.48. The van der Waals surface area contributed by atoms with E-state index < -0.39 is 6.03 Å². The number of allylic oxidation sites excluding steroid dienone is 1. The highest BCUT2D eigenvalue weighted by atomic mass is 16.5. The average Bonchev–Trinajstić information content (AvgIpc) is 2.01. The van der Waals surface area contributed by atoms with Crippen LogP contribution in [0.15, 0.2) is 16.9 Å². The quantitative estimate of drug-likeness (QED) is 0.501. The Hall–Kier alpha value is -1.92. The molecule has 1 aliphatic heterocycles. The predicted octanol–water partition coefficient (Wildman–Crippen LogP) is -0.746. The number of hydrazine groups is 2. The van der Waals surface area contributed by atoms with Gasteiger partial charge >= 0.3 is 6.03 Å². The van der Waals surface area contributed by atoms with Crippen LogP contribution in [0.5, 0.6) is 0 Å². The number of nitrogens with zero attached hydrogens (tertiary/aromatic N) is 2. The van der Waals surface area contributed by atoms with Gasteiger partial charge in [-0.25, -0.2) is 10.2 Å². The van der Waals surface area contributed by atoms with Gasteiger partial charge in [-0.15, -0.1) is 5.23 Å². The van der Waals surface area contributed by atoms with Crippen molar-refractivity contribution in [1.29, 1.82) is 0 Å². The molecule has 0 aromatic carbocycles. The number of rotatable bonds is 1. The number of primary amides is 1. The van der Waals surface area contributed by atoms with Gasteiger partial charge in [0.1, 0.15) is 0 Å². The molecule has 7 heteroatoms. The summed E-state index contributed by atoms with van der Waals surface area (Å²) < 4.78 is 4.87. The van der Waals surface area contributed by atoms with Crippen molar-refractivity contribution in [3.63, 3.8) is 0 Å². The van der Waals surface area contributed by atoms with Crippen molar-refractivity contribution in [2.45, 2.75) is 6.92 Å². The van der Waals surface area contributed by atoms with E-state index in [2.05, 4.69) is 16.0 Å². The van der Waals surface area contributed by atoms with Crippen molar-refractivity contribution in [2.24, 2.45) is 10.8 Å². The number of carbonyl (C=O) groups is 1. The Morgan fingerprint density at radius 2 is 2.54 bits per heavy atom. The lowest BCUT2D eigenvalue weighted by Gasteiger charge is -2.23. The lowest BCUT2D eigenvalue weighted by molar-refractivity contribution is 0.140. The average molecular weight is 185 g/mol. The molecule has 2 amide bonds. The van der Waals surface area contributed by atoms with Crippen LogP contribution in [0.25, 0.3) is 0 Å². The Bertz CT molecular complexity index is 270. The third kappa shape index (κ3) is 2.55. The highest BCUT2D eigenvalue weighted by Gasteiger charge is 2.10. The van der Waals surface area contributed by atoms with E-state index in [-0.39, 0.29) is 0 Å². The molecule has 72 valence electrons. The van der Waals surface area contributed by atoms with Crippen molar-refractivity contribution in [3.05, 3.63) is 11.8 Å². The summed E-state index contributed by atoms with van der Waals surface area (Å²) in [5, 5.41) is 4.90. The Labute approximate surface area is 75.1 Å². The first-order chi connectivity index (χ1) is 6.11. The van der Waals surface area contributed by atoms with Crippen molar-refractivity contribution < 1.29 is 9.53 Å². The molecule has 0 radical (unpaired) electrons. The number of hydrogen-bond acceptors (Lipinski definition) is 5. The highest BCUT2D eigenvalue weighted by Crippen LogP contribution is 1.99. The number of methoxy groups -OCH3 is 1. The van der Waals surface area contributed by atoms with E-state index in [9.17, 15) is 4.79 Å². The smallest absolute Gasteiger partial charge is 0.333 e. The van der Waals surface area contributed by atoms with E-state index in [0.717, 1.165) is 10.9 Å². The summed E-state index contributed by atoms with van der Waals surface area (Å²) in [6.07, 6.45) is 1.68. The van der Waals surface area contributed by atoms with E-state index in [0.29, 0.717) is 5.90 Å². The molecule has 0 saturated carbocycles. The summed E-state index contributed by atoms with van der Waals surface area (Å²) in [6, 6.07) is -0.707. The molecule has 0 aromatic rings. The molecule has 13 heavy (non-hydrogen) atoms. The molecule has 0 fully saturated rings. The van der Waals surface area contributed by atoms with Crippen LogP contribution in [0.2, 0.25) is 0 Å². The number of carbonyl (C=O) groups excluding carboxylic acids is 1. The first-order valence-electron chi connectivity index (χ1n) is 3.55. The molecule has 0 aliphatic carbocycles. The normalized spacial score (nSPS) is 15.4. The highest BCUT2D eigenvalue weighted by molar-refractivity contribution is 5.88. The standard InChI is InChI=1S/C6H11N5O2/c1-4-3-5(13-2)9-11(8-4)10-6(7)12/h3,8H,1-2H3,(H3,7,10,12). The Balaban J connectivity index is 2.66. The number of ether oxygens (including phenoxy) is 1. The predicted molar refractivity (Wildman–Crippen MR) is 45.9 cm³/mol. The Morgan fingerprint density at radius 1 is 1.85 bits per heavy atom. The topological polar surface area (TPSA) is 92.0 Å². The van der Waals surface area contributed by atoms with Crippen molar-refractivity contribution in [3.8, 4) is 0 Å². The van der Waals surface area contributed by atoms with E-state index in [1.807, 2.05) is 0 Å². The third-order valence-corrected chi connectivity index (χ3v) is 1.25.